The summed E-state index contributed by atoms with van der Waals surface area (Å²) in [7, 11) is 0. The summed E-state index contributed by atoms with van der Waals surface area (Å²) < 4.78 is 5.37. The highest BCUT2D eigenvalue weighted by Gasteiger charge is 2.37. The molecular formula is C23H14O4. The zero-order valence-corrected chi connectivity index (χ0v) is 14.2. The lowest BCUT2D eigenvalue weighted by Gasteiger charge is -2.20. The van der Waals surface area contributed by atoms with E-state index >= 15 is 0 Å². The molecule has 0 spiro atoms. The number of rotatable bonds is 3. The Kier molecular flexibility index (Phi) is 4.22. The van der Waals surface area contributed by atoms with E-state index in [-0.39, 0.29) is 28.1 Å². The van der Waals surface area contributed by atoms with Gasteiger partial charge in [-0.25, -0.2) is 4.79 Å². The van der Waals surface area contributed by atoms with Crippen molar-refractivity contribution in [1.82, 2.24) is 0 Å². The van der Waals surface area contributed by atoms with Gasteiger partial charge in [0.2, 0.25) is 5.78 Å². The highest BCUT2D eigenvalue weighted by atomic mass is 16.5. The predicted octanol–water partition coefficient (Wildman–Crippen LogP) is 4.13. The molecule has 3 aromatic rings. The molecule has 1 aliphatic carbocycles. The van der Waals surface area contributed by atoms with E-state index in [0.717, 1.165) is 0 Å². The van der Waals surface area contributed by atoms with Crippen molar-refractivity contribution in [3.8, 4) is 5.75 Å². The van der Waals surface area contributed by atoms with Gasteiger partial charge < -0.3 is 4.74 Å². The molecule has 1 aliphatic rings. The number of fused-ring (bicyclic) bond motifs is 1. The van der Waals surface area contributed by atoms with Crippen LogP contribution in [0.4, 0.5) is 0 Å². The monoisotopic (exact) mass is 354 g/mol. The van der Waals surface area contributed by atoms with Gasteiger partial charge in [0.1, 0.15) is 11.3 Å². The fourth-order valence-electron chi connectivity index (χ4n) is 3.10. The first-order valence-electron chi connectivity index (χ1n) is 8.42. The summed E-state index contributed by atoms with van der Waals surface area (Å²) in [6.07, 6.45) is 0. The molecule has 4 nitrogen and oxygen atoms in total. The number of carbonyl (C=O) groups excluding carboxylic acids is 3. The Labute approximate surface area is 155 Å². The number of ketones is 2. The predicted molar refractivity (Wildman–Crippen MR) is 101 cm³/mol. The lowest BCUT2D eigenvalue weighted by atomic mass is 9.81. The van der Waals surface area contributed by atoms with Crippen molar-refractivity contribution < 1.29 is 19.1 Å². The number of allylic oxidation sites excluding steroid dienone is 1. The van der Waals surface area contributed by atoms with E-state index in [2.05, 4.69) is 0 Å². The number of ether oxygens (including phenoxy) is 1. The number of para-hydroxylation sites is 1. The van der Waals surface area contributed by atoms with E-state index in [9.17, 15) is 14.4 Å². The largest absolute Gasteiger partial charge is 0.423 e. The molecule has 0 unspecified atom stereocenters. The van der Waals surface area contributed by atoms with Crippen molar-refractivity contribution in [2.75, 3.05) is 0 Å². The molecule has 0 heterocycles. The Morgan fingerprint density at radius 3 is 1.78 bits per heavy atom. The summed E-state index contributed by atoms with van der Waals surface area (Å²) in [5.74, 6) is -1.41. The van der Waals surface area contributed by atoms with Gasteiger partial charge in [-0.05, 0) is 17.7 Å². The second-order valence-corrected chi connectivity index (χ2v) is 6.02. The topological polar surface area (TPSA) is 60.4 Å². The molecule has 0 aliphatic heterocycles. The van der Waals surface area contributed by atoms with Gasteiger partial charge >= 0.3 is 5.97 Å². The maximum atomic E-state index is 13.1. The summed E-state index contributed by atoms with van der Waals surface area (Å²) >= 11 is 0. The fraction of sp³-hybridized carbons (Fsp3) is 0. The first kappa shape index (κ1) is 16.7. The van der Waals surface area contributed by atoms with E-state index in [1.807, 2.05) is 0 Å². The standard InChI is InChI=1S/C23H14O4/c24-21-17-13-7-8-14-18(17)22(25)20(19(21)15-9-3-1-4-10-15)23(26)27-16-11-5-2-6-12-16/h1-14H. The van der Waals surface area contributed by atoms with Crippen LogP contribution in [0.1, 0.15) is 26.3 Å². The third-order valence-electron chi connectivity index (χ3n) is 4.34. The third kappa shape index (κ3) is 2.98. The molecule has 4 rings (SSSR count). The number of benzene rings is 3. The van der Waals surface area contributed by atoms with Crippen molar-refractivity contribution in [2.24, 2.45) is 0 Å². The molecule has 0 atom stereocenters. The summed E-state index contributed by atoms with van der Waals surface area (Å²) in [6, 6.07) is 23.7. The molecule has 130 valence electrons. The van der Waals surface area contributed by atoms with Gasteiger partial charge in [0, 0.05) is 16.7 Å². The second kappa shape index (κ2) is 6.84. The zero-order chi connectivity index (χ0) is 18.8. The molecule has 0 N–H and O–H groups in total. The first-order chi connectivity index (χ1) is 13.2. The van der Waals surface area contributed by atoms with Gasteiger partial charge in [-0.1, -0.05) is 72.8 Å². The molecule has 27 heavy (non-hydrogen) atoms. The summed E-state index contributed by atoms with van der Waals surface area (Å²) in [6.45, 7) is 0. The van der Waals surface area contributed by atoms with E-state index in [1.54, 1.807) is 84.9 Å². The van der Waals surface area contributed by atoms with Crippen molar-refractivity contribution in [3.63, 3.8) is 0 Å². The Morgan fingerprint density at radius 1 is 0.630 bits per heavy atom. The average Bonchev–Trinajstić information content (AvgIpc) is 2.72. The molecule has 3 aromatic carbocycles. The van der Waals surface area contributed by atoms with Crippen molar-refractivity contribution >= 4 is 23.1 Å². The maximum Gasteiger partial charge on any atom is 0.348 e. The number of carbonyl (C=O) groups is 3. The van der Waals surface area contributed by atoms with Gasteiger partial charge in [0.25, 0.3) is 0 Å². The minimum atomic E-state index is -0.840. The fourth-order valence-corrected chi connectivity index (χ4v) is 3.10. The first-order valence-corrected chi connectivity index (χ1v) is 8.42. The van der Waals surface area contributed by atoms with Crippen LogP contribution in [0.5, 0.6) is 5.75 Å². The molecule has 0 amide bonds. The second-order valence-electron chi connectivity index (χ2n) is 6.02. The van der Waals surface area contributed by atoms with Gasteiger partial charge in [0.15, 0.2) is 5.78 Å². The van der Waals surface area contributed by atoms with Crippen molar-refractivity contribution in [2.45, 2.75) is 0 Å². The Bertz CT molecular complexity index is 1080. The molecule has 0 saturated carbocycles. The molecule has 0 saturated heterocycles. The highest BCUT2D eigenvalue weighted by molar-refractivity contribution is 6.46. The summed E-state index contributed by atoms with van der Waals surface area (Å²) in [4.78, 5) is 39.0. The van der Waals surface area contributed by atoms with E-state index in [1.165, 1.54) is 0 Å². The number of esters is 1. The Balaban J connectivity index is 1.88. The van der Waals surface area contributed by atoms with Crippen LogP contribution in [-0.2, 0) is 4.79 Å². The Hall–Kier alpha value is -3.79. The van der Waals surface area contributed by atoms with Crippen LogP contribution in [0.3, 0.4) is 0 Å². The lowest BCUT2D eigenvalue weighted by molar-refractivity contribution is -0.129. The van der Waals surface area contributed by atoms with Crippen molar-refractivity contribution in [1.29, 1.82) is 0 Å². The van der Waals surface area contributed by atoms with E-state index in [4.69, 9.17) is 4.74 Å². The molecular weight excluding hydrogens is 340 g/mol. The minimum Gasteiger partial charge on any atom is -0.423 e. The molecule has 0 aromatic heterocycles. The van der Waals surface area contributed by atoms with Crippen LogP contribution in [0.15, 0.2) is 90.5 Å². The van der Waals surface area contributed by atoms with E-state index < -0.39 is 11.8 Å². The van der Waals surface area contributed by atoms with Crippen LogP contribution in [0.25, 0.3) is 5.57 Å². The van der Waals surface area contributed by atoms with Gasteiger partial charge in [0.05, 0.1) is 0 Å². The number of hydrogen-bond acceptors (Lipinski definition) is 4. The number of hydrogen-bond donors (Lipinski definition) is 0. The molecule has 4 heteroatoms. The van der Waals surface area contributed by atoms with Crippen LogP contribution in [0.2, 0.25) is 0 Å². The smallest absolute Gasteiger partial charge is 0.348 e. The molecule has 0 radical (unpaired) electrons. The van der Waals surface area contributed by atoms with Crippen LogP contribution < -0.4 is 4.74 Å². The van der Waals surface area contributed by atoms with Crippen LogP contribution in [-0.4, -0.2) is 17.5 Å². The van der Waals surface area contributed by atoms with Gasteiger partial charge in [-0.15, -0.1) is 0 Å². The van der Waals surface area contributed by atoms with Crippen LogP contribution in [0, 0.1) is 0 Å². The average molecular weight is 354 g/mol. The lowest BCUT2D eigenvalue weighted by Crippen LogP contribution is -2.28. The normalized spacial score (nSPS) is 13.3. The minimum absolute atomic E-state index is 0.0697. The maximum absolute atomic E-state index is 13.1. The Morgan fingerprint density at radius 2 is 1.15 bits per heavy atom. The summed E-state index contributed by atoms with van der Waals surface area (Å²) in [5.41, 5.74) is 0.833. The van der Waals surface area contributed by atoms with Gasteiger partial charge in [-0.2, -0.15) is 0 Å². The van der Waals surface area contributed by atoms with Crippen molar-refractivity contribution in [3.05, 3.63) is 107 Å². The van der Waals surface area contributed by atoms with E-state index in [0.29, 0.717) is 11.3 Å². The zero-order valence-electron chi connectivity index (χ0n) is 14.2. The quantitative estimate of drug-likeness (QED) is 0.403. The van der Waals surface area contributed by atoms with Gasteiger partial charge in [-0.3, -0.25) is 9.59 Å². The summed E-state index contributed by atoms with van der Waals surface area (Å²) in [5, 5.41) is 0. The molecule has 0 fully saturated rings. The van der Waals surface area contributed by atoms with Crippen LogP contribution >= 0.6 is 0 Å². The third-order valence-corrected chi connectivity index (χ3v) is 4.34. The molecule has 0 bridgehead atoms. The highest BCUT2D eigenvalue weighted by Crippen LogP contribution is 2.33. The number of Topliss-reactive ketones (excluding diaryl/α,β-unsaturated/α-hetero) is 2. The SMILES string of the molecule is O=C(Oc1ccccc1)C1=C(c2ccccc2)C(=O)c2ccccc2C1=O.